The standard InChI is InChI=1S/C25H38N4O3/c1-2-28-22-12-8-9-13-23(22)29(25(28)31)21-14-15-27(17-20(21)18-32-24(26)30)16-19-10-6-4-3-5-7-11-19/h8-9,12-13,19-21H,2-7,10-11,14-18H2,1H3,(H2,26,30). The zero-order valence-corrected chi connectivity index (χ0v) is 19.4. The fourth-order valence-electron chi connectivity index (χ4n) is 5.90. The molecule has 1 saturated heterocycles. The van der Waals surface area contributed by atoms with Crippen LogP contribution in [0.1, 0.15) is 64.3 Å². The van der Waals surface area contributed by atoms with Crippen molar-refractivity contribution >= 4 is 17.1 Å². The normalized spacial score (nSPS) is 23.7. The molecule has 2 aromatic rings. The molecule has 2 unspecified atom stereocenters. The number of carbonyl (C=O) groups is 1. The largest absolute Gasteiger partial charge is 0.449 e. The number of aryl methyl sites for hydroxylation is 1. The van der Waals surface area contributed by atoms with Crippen LogP contribution in [0.25, 0.3) is 11.0 Å². The molecule has 2 atom stereocenters. The molecule has 0 radical (unpaired) electrons. The first kappa shape index (κ1) is 22.9. The zero-order chi connectivity index (χ0) is 22.5. The molecule has 4 rings (SSSR count). The Bertz CT molecular complexity index is 958. The second-order valence-electron chi connectivity index (χ2n) is 9.60. The lowest BCUT2D eigenvalue weighted by Crippen LogP contribution is -2.47. The molecule has 1 aliphatic heterocycles. The molecule has 176 valence electrons. The van der Waals surface area contributed by atoms with Gasteiger partial charge in [-0.15, -0.1) is 0 Å². The van der Waals surface area contributed by atoms with Gasteiger partial charge in [-0.05, 0) is 44.2 Å². The van der Waals surface area contributed by atoms with Crippen molar-refractivity contribution in [3.63, 3.8) is 0 Å². The van der Waals surface area contributed by atoms with Crippen molar-refractivity contribution in [3.8, 4) is 0 Å². The number of fused-ring (bicyclic) bond motifs is 1. The van der Waals surface area contributed by atoms with E-state index < -0.39 is 6.09 Å². The summed E-state index contributed by atoms with van der Waals surface area (Å²) in [5.41, 5.74) is 7.26. The van der Waals surface area contributed by atoms with E-state index in [9.17, 15) is 9.59 Å². The quantitative estimate of drug-likeness (QED) is 0.729. The highest BCUT2D eigenvalue weighted by molar-refractivity contribution is 5.76. The van der Waals surface area contributed by atoms with Gasteiger partial charge in [0.25, 0.3) is 0 Å². The van der Waals surface area contributed by atoms with Crippen LogP contribution in [0.15, 0.2) is 29.1 Å². The summed E-state index contributed by atoms with van der Waals surface area (Å²) in [5.74, 6) is 0.785. The fourth-order valence-corrected chi connectivity index (χ4v) is 5.90. The molecule has 0 bridgehead atoms. The van der Waals surface area contributed by atoms with Gasteiger partial charge in [0.15, 0.2) is 0 Å². The highest BCUT2D eigenvalue weighted by Crippen LogP contribution is 2.32. The molecule has 0 spiro atoms. The van der Waals surface area contributed by atoms with Crippen LogP contribution in [0.4, 0.5) is 4.79 Å². The number of hydrogen-bond donors (Lipinski definition) is 1. The van der Waals surface area contributed by atoms with Crippen molar-refractivity contribution in [2.75, 3.05) is 26.2 Å². The van der Waals surface area contributed by atoms with Crippen LogP contribution in [0, 0.1) is 11.8 Å². The summed E-state index contributed by atoms with van der Waals surface area (Å²) in [6, 6.07) is 7.99. The minimum absolute atomic E-state index is 0.00636. The van der Waals surface area contributed by atoms with Gasteiger partial charge in [-0.3, -0.25) is 9.13 Å². The monoisotopic (exact) mass is 442 g/mol. The average Bonchev–Trinajstić information content (AvgIpc) is 3.05. The van der Waals surface area contributed by atoms with Crippen LogP contribution >= 0.6 is 0 Å². The van der Waals surface area contributed by atoms with Gasteiger partial charge in [0.05, 0.1) is 17.6 Å². The molecule has 1 aromatic carbocycles. The number of amides is 1. The lowest BCUT2D eigenvalue weighted by atomic mass is 9.88. The van der Waals surface area contributed by atoms with Crippen molar-refractivity contribution in [1.82, 2.24) is 14.0 Å². The molecule has 1 aromatic heterocycles. The Kier molecular flexibility index (Phi) is 7.55. The summed E-state index contributed by atoms with van der Waals surface area (Å²) in [5, 5.41) is 0. The zero-order valence-electron chi connectivity index (χ0n) is 19.4. The van der Waals surface area contributed by atoms with E-state index in [1.54, 1.807) is 0 Å². The molecular formula is C25H38N4O3. The van der Waals surface area contributed by atoms with Crippen molar-refractivity contribution < 1.29 is 9.53 Å². The third kappa shape index (κ3) is 5.03. The maximum Gasteiger partial charge on any atom is 0.404 e. The Hall–Kier alpha value is -2.28. The van der Waals surface area contributed by atoms with Gasteiger partial charge in [-0.25, -0.2) is 9.59 Å². The fraction of sp³-hybridized carbons (Fsp3) is 0.680. The van der Waals surface area contributed by atoms with Crippen LogP contribution in [0.2, 0.25) is 0 Å². The minimum atomic E-state index is -0.746. The highest BCUT2D eigenvalue weighted by atomic mass is 16.5. The van der Waals surface area contributed by atoms with Crippen LogP contribution in [-0.4, -0.2) is 46.4 Å². The van der Waals surface area contributed by atoms with Gasteiger partial charge in [0.1, 0.15) is 0 Å². The number of carbonyl (C=O) groups excluding carboxylic acids is 1. The number of ether oxygens (including phenoxy) is 1. The van der Waals surface area contributed by atoms with Crippen LogP contribution in [0.5, 0.6) is 0 Å². The molecule has 1 aliphatic carbocycles. The Morgan fingerprint density at radius 3 is 2.44 bits per heavy atom. The summed E-state index contributed by atoms with van der Waals surface area (Å²) in [4.78, 5) is 27.3. The number of primary amides is 1. The van der Waals surface area contributed by atoms with Crippen LogP contribution < -0.4 is 11.4 Å². The highest BCUT2D eigenvalue weighted by Gasteiger charge is 2.34. The Labute approximate surface area is 190 Å². The molecule has 2 N–H and O–H groups in total. The number of likely N-dealkylation sites (tertiary alicyclic amines) is 1. The van der Waals surface area contributed by atoms with Gasteiger partial charge in [-0.2, -0.15) is 0 Å². The number of para-hydroxylation sites is 2. The molecule has 7 heteroatoms. The smallest absolute Gasteiger partial charge is 0.404 e. The topological polar surface area (TPSA) is 82.5 Å². The average molecular weight is 443 g/mol. The van der Waals surface area contributed by atoms with Crippen molar-refractivity contribution in [2.24, 2.45) is 17.6 Å². The Balaban J connectivity index is 1.56. The van der Waals surface area contributed by atoms with E-state index >= 15 is 0 Å². The second-order valence-corrected chi connectivity index (χ2v) is 9.60. The predicted molar refractivity (Wildman–Crippen MR) is 127 cm³/mol. The first-order valence-corrected chi connectivity index (χ1v) is 12.4. The third-order valence-corrected chi connectivity index (χ3v) is 7.48. The van der Waals surface area contributed by atoms with Gasteiger partial charge in [-0.1, -0.05) is 44.2 Å². The van der Waals surface area contributed by atoms with Gasteiger partial charge in [0.2, 0.25) is 0 Å². The summed E-state index contributed by atoms with van der Waals surface area (Å²) in [6.45, 7) is 5.78. The van der Waals surface area contributed by atoms with Crippen molar-refractivity contribution in [3.05, 3.63) is 34.7 Å². The van der Waals surface area contributed by atoms with Gasteiger partial charge >= 0.3 is 11.8 Å². The lowest BCUT2D eigenvalue weighted by molar-refractivity contribution is 0.0540. The van der Waals surface area contributed by atoms with E-state index in [1.165, 1.54) is 44.9 Å². The van der Waals surface area contributed by atoms with E-state index in [1.807, 2.05) is 40.3 Å². The second kappa shape index (κ2) is 10.6. The maximum atomic E-state index is 13.4. The molecule has 2 aliphatic rings. The number of hydrogen-bond acceptors (Lipinski definition) is 4. The lowest BCUT2D eigenvalue weighted by Gasteiger charge is -2.40. The molecule has 1 amide bonds. The first-order chi connectivity index (χ1) is 15.6. The van der Waals surface area contributed by atoms with E-state index in [2.05, 4.69) is 4.90 Å². The third-order valence-electron chi connectivity index (χ3n) is 7.48. The van der Waals surface area contributed by atoms with Crippen LogP contribution in [0.3, 0.4) is 0 Å². The number of aromatic nitrogens is 2. The number of nitrogens with zero attached hydrogens (tertiary/aromatic N) is 3. The minimum Gasteiger partial charge on any atom is -0.449 e. The van der Waals surface area contributed by atoms with E-state index in [0.29, 0.717) is 6.54 Å². The summed E-state index contributed by atoms with van der Waals surface area (Å²) in [7, 11) is 0. The predicted octanol–water partition coefficient (Wildman–Crippen LogP) is 4.14. The summed E-state index contributed by atoms with van der Waals surface area (Å²) < 4.78 is 9.06. The molecular weight excluding hydrogens is 404 g/mol. The number of rotatable bonds is 6. The maximum absolute atomic E-state index is 13.4. The van der Waals surface area contributed by atoms with E-state index in [0.717, 1.165) is 43.0 Å². The SMILES string of the molecule is CCn1c(=O)n(C2CCN(CC3CCCCCCC3)CC2COC(N)=O)c2ccccc21. The first-order valence-electron chi connectivity index (χ1n) is 12.4. The number of piperidine rings is 1. The number of imidazole rings is 1. The van der Waals surface area contributed by atoms with Crippen LogP contribution in [-0.2, 0) is 11.3 Å². The summed E-state index contributed by atoms with van der Waals surface area (Å²) in [6.07, 6.45) is 9.52. The van der Waals surface area contributed by atoms with E-state index in [4.69, 9.17) is 10.5 Å². The molecule has 32 heavy (non-hydrogen) atoms. The molecule has 2 fully saturated rings. The number of nitrogens with two attached hydrogens (primary N) is 1. The Morgan fingerprint density at radius 2 is 1.75 bits per heavy atom. The Morgan fingerprint density at radius 1 is 1.06 bits per heavy atom. The van der Waals surface area contributed by atoms with Crippen molar-refractivity contribution in [1.29, 1.82) is 0 Å². The molecule has 7 nitrogen and oxygen atoms in total. The number of benzene rings is 1. The van der Waals surface area contributed by atoms with Crippen molar-refractivity contribution in [2.45, 2.75) is 70.9 Å². The summed E-state index contributed by atoms with van der Waals surface area (Å²) >= 11 is 0. The molecule has 2 heterocycles. The van der Waals surface area contributed by atoms with Gasteiger partial charge < -0.3 is 15.4 Å². The van der Waals surface area contributed by atoms with Gasteiger partial charge in [0, 0.05) is 38.1 Å². The van der Waals surface area contributed by atoms with E-state index in [-0.39, 0.29) is 24.3 Å². The molecule has 1 saturated carbocycles.